The molecule has 194 valence electrons. The van der Waals surface area contributed by atoms with Gasteiger partial charge in [0.05, 0.1) is 32.2 Å². The van der Waals surface area contributed by atoms with Gasteiger partial charge in [-0.2, -0.15) is 0 Å². The molecule has 0 saturated carbocycles. The van der Waals surface area contributed by atoms with Gasteiger partial charge in [-0.3, -0.25) is 0 Å². The average Bonchev–Trinajstić information content (AvgIpc) is 2.90. The monoisotopic (exact) mass is 606 g/mol. The maximum atomic E-state index is 11.1. The molecular weight excluding hydrogens is 590 g/mol. The molecule has 3 N–H and O–H groups in total. The van der Waals surface area contributed by atoms with Crippen molar-refractivity contribution in [2.45, 2.75) is 12.8 Å². The first kappa shape index (κ1) is 26.9. The molecule has 0 aromatic heterocycles. The smallest absolute Gasteiger partial charge is 0.153 e. The Hall–Kier alpha value is -2.73. The highest BCUT2D eigenvalue weighted by Crippen LogP contribution is 2.48. The number of hydrogen-bond donors (Lipinski definition) is 3. The highest BCUT2D eigenvalue weighted by Gasteiger charge is 2.23. The minimum Gasteiger partial charge on any atom is -0.506 e. The highest BCUT2D eigenvalue weighted by atomic mass is 35.5. The van der Waals surface area contributed by atoms with Gasteiger partial charge in [-0.15, -0.1) is 0 Å². The number of rotatable bonds is 1. The molecule has 4 nitrogen and oxygen atoms in total. The predicted octanol–water partition coefficient (Wildman–Crippen LogP) is 9.68. The van der Waals surface area contributed by atoms with Crippen molar-refractivity contribution in [3.05, 3.63) is 89.8 Å². The second-order valence-electron chi connectivity index (χ2n) is 8.80. The zero-order valence-electron chi connectivity index (χ0n) is 19.8. The van der Waals surface area contributed by atoms with Gasteiger partial charge in [0.25, 0.3) is 0 Å². The predicted molar refractivity (Wildman–Crippen MR) is 157 cm³/mol. The Balaban J connectivity index is 1.84. The fourth-order valence-electron chi connectivity index (χ4n) is 4.61. The molecule has 0 amide bonds. The molecule has 0 saturated heterocycles. The van der Waals surface area contributed by atoms with Crippen LogP contribution in [-0.2, 0) is 12.8 Å². The summed E-state index contributed by atoms with van der Waals surface area (Å²) in [5.74, 6) is -0.00921. The van der Waals surface area contributed by atoms with Crippen molar-refractivity contribution < 1.29 is 20.1 Å². The van der Waals surface area contributed by atoms with E-state index in [1.807, 2.05) is 18.2 Å². The summed E-state index contributed by atoms with van der Waals surface area (Å²) in [5.41, 5.74) is 4.43. The van der Waals surface area contributed by atoms with Crippen molar-refractivity contribution in [2.24, 2.45) is 0 Å². The number of methoxy groups -OCH3 is 1. The number of phenols is 3. The van der Waals surface area contributed by atoms with Crippen LogP contribution in [0.2, 0.25) is 25.1 Å². The topological polar surface area (TPSA) is 69.9 Å². The van der Waals surface area contributed by atoms with E-state index in [4.69, 9.17) is 62.7 Å². The maximum Gasteiger partial charge on any atom is 0.153 e. The van der Waals surface area contributed by atoms with E-state index in [1.54, 1.807) is 37.5 Å². The summed E-state index contributed by atoms with van der Waals surface area (Å²) in [6.45, 7) is 0. The van der Waals surface area contributed by atoms with Crippen LogP contribution in [0.4, 0.5) is 0 Å². The summed E-state index contributed by atoms with van der Waals surface area (Å²) in [6.07, 6.45) is 4.23. The Kier molecular flexibility index (Phi) is 7.38. The minimum atomic E-state index is -0.260. The molecular formula is C29H19Cl5O4. The lowest BCUT2D eigenvalue weighted by atomic mass is 9.91. The minimum absolute atomic E-state index is 0.0244. The Labute approximate surface area is 244 Å². The van der Waals surface area contributed by atoms with Gasteiger partial charge in [0.15, 0.2) is 5.75 Å². The third-order valence-corrected chi connectivity index (χ3v) is 8.24. The molecule has 0 aliphatic heterocycles. The van der Waals surface area contributed by atoms with E-state index in [0.29, 0.717) is 57.5 Å². The highest BCUT2D eigenvalue weighted by molar-refractivity contribution is 6.40. The van der Waals surface area contributed by atoms with Crippen LogP contribution in [0.3, 0.4) is 0 Å². The molecule has 6 rings (SSSR count). The Morgan fingerprint density at radius 3 is 2.05 bits per heavy atom. The largest absolute Gasteiger partial charge is 0.506 e. The number of halogens is 5. The van der Waals surface area contributed by atoms with Gasteiger partial charge in [0.2, 0.25) is 0 Å². The summed E-state index contributed by atoms with van der Waals surface area (Å²) in [4.78, 5) is 0. The quantitative estimate of drug-likeness (QED) is 0.201. The molecule has 4 aromatic carbocycles. The van der Waals surface area contributed by atoms with Crippen LogP contribution in [0.5, 0.6) is 23.0 Å². The molecule has 0 unspecified atom stereocenters. The van der Waals surface area contributed by atoms with Crippen LogP contribution >= 0.6 is 58.0 Å². The first-order valence-corrected chi connectivity index (χ1v) is 13.3. The molecule has 0 fully saturated rings. The van der Waals surface area contributed by atoms with Crippen LogP contribution in [0, 0.1) is 0 Å². The summed E-state index contributed by atoms with van der Waals surface area (Å²) in [5, 5.41) is 33.0. The van der Waals surface area contributed by atoms with Crippen LogP contribution in [0.15, 0.2) is 42.5 Å². The Morgan fingerprint density at radius 2 is 1.32 bits per heavy atom. The van der Waals surface area contributed by atoms with E-state index in [1.165, 1.54) is 6.07 Å². The summed E-state index contributed by atoms with van der Waals surface area (Å²) >= 11 is 32.5. The molecule has 2 aliphatic carbocycles. The third-order valence-electron chi connectivity index (χ3n) is 6.56. The molecule has 38 heavy (non-hydrogen) atoms. The van der Waals surface area contributed by atoms with Gasteiger partial charge in [-0.25, -0.2) is 0 Å². The molecule has 4 aromatic rings. The van der Waals surface area contributed by atoms with Gasteiger partial charge >= 0.3 is 0 Å². The van der Waals surface area contributed by atoms with Gasteiger partial charge < -0.3 is 20.1 Å². The number of ether oxygens (including phenoxy) is 1. The zero-order valence-corrected chi connectivity index (χ0v) is 23.5. The van der Waals surface area contributed by atoms with E-state index in [-0.39, 0.29) is 42.4 Å². The SMILES string of the molecule is COc1ccc2cc1-c1cc(cc(Cl)c1O)C=Cc1c(Cl)cc(c(O)c1Cl)-c1cc(Cl)c(O)c(Cl)c1CC2. The number of fused-ring (bicyclic) bond motifs is 3. The number of benzene rings is 4. The molecule has 0 spiro atoms. The number of phenolic OH excluding ortho intramolecular Hbond substituents is 3. The van der Waals surface area contributed by atoms with Crippen molar-refractivity contribution in [3.8, 4) is 45.3 Å². The van der Waals surface area contributed by atoms with Crippen molar-refractivity contribution in [2.75, 3.05) is 7.11 Å². The third kappa shape index (κ3) is 4.66. The van der Waals surface area contributed by atoms with E-state index in [9.17, 15) is 15.3 Å². The van der Waals surface area contributed by atoms with E-state index in [0.717, 1.165) is 5.56 Å². The summed E-state index contributed by atoms with van der Waals surface area (Å²) in [6, 6.07) is 12.1. The lowest BCUT2D eigenvalue weighted by molar-refractivity contribution is 0.415. The van der Waals surface area contributed by atoms with Crippen molar-refractivity contribution in [3.63, 3.8) is 0 Å². The normalized spacial score (nSPS) is 12.5. The van der Waals surface area contributed by atoms with Crippen LogP contribution in [-0.4, -0.2) is 22.4 Å². The van der Waals surface area contributed by atoms with Crippen molar-refractivity contribution in [1.82, 2.24) is 0 Å². The molecule has 9 heteroatoms. The molecule has 0 radical (unpaired) electrons. The molecule has 0 heterocycles. The fraction of sp³-hybridized carbons (Fsp3) is 0.103. The summed E-state index contributed by atoms with van der Waals surface area (Å²) in [7, 11) is 1.55. The van der Waals surface area contributed by atoms with E-state index >= 15 is 0 Å². The van der Waals surface area contributed by atoms with Gasteiger partial charge in [-0.05, 0) is 71.5 Å². The van der Waals surface area contributed by atoms with Gasteiger partial charge in [0, 0.05) is 22.3 Å². The number of aromatic hydroxyl groups is 3. The van der Waals surface area contributed by atoms with Crippen LogP contribution < -0.4 is 4.74 Å². The maximum absolute atomic E-state index is 11.1. The van der Waals surface area contributed by atoms with E-state index in [2.05, 4.69) is 0 Å². The Morgan fingerprint density at radius 1 is 0.632 bits per heavy atom. The van der Waals surface area contributed by atoms with Crippen molar-refractivity contribution in [1.29, 1.82) is 0 Å². The standard InChI is InChI=1S/C29H19Cl5O4/c1-38-24-7-4-13-2-5-15-17(11-23(32)29(37)25(15)33)20-12-21(30)16(26(34)28(20)36)6-3-14-9-19(18(24)8-13)27(35)22(31)10-14/h3-4,6-12,35-37H,2,5H2,1H3. The van der Waals surface area contributed by atoms with Crippen LogP contribution in [0.1, 0.15) is 22.3 Å². The lowest BCUT2D eigenvalue weighted by Crippen LogP contribution is -1.99. The first-order chi connectivity index (χ1) is 18.1. The second-order valence-corrected chi connectivity index (χ2v) is 10.8. The Bertz CT molecular complexity index is 1650. The van der Waals surface area contributed by atoms with Crippen molar-refractivity contribution >= 4 is 70.2 Å². The molecule has 6 bridgehead atoms. The summed E-state index contributed by atoms with van der Waals surface area (Å²) < 4.78 is 5.58. The average molecular weight is 609 g/mol. The lowest BCUT2D eigenvalue weighted by Gasteiger charge is -2.18. The van der Waals surface area contributed by atoms with E-state index < -0.39 is 0 Å². The zero-order chi connectivity index (χ0) is 27.3. The first-order valence-electron chi connectivity index (χ1n) is 11.4. The van der Waals surface area contributed by atoms with Gasteiger partial charge in [0.1, 0.15) is 17.2 Å². The molecule has 0 atom stereocenters. The van der Waals surface area contributed by atoms with Crippen LogP contribution in [0.25, 0.3) is 34.4 Å². The number of hydrogen-bond acceptors (Lipinski definition) is 4. The molecule has 2 aliphatic rings. The number of aryl methyl sites for hydroxylation is 1. The fourth-order valence-corrected chi connectivity index (χ4v) is 5.97. The van der Waals surface area contributed by atoms with Gasteiger partial charge in [-0.1, -0.05) is 76.2 Å². The second kappa shape index (κ2) is 10.4.